The number of piperidine rings is 2. The molecule has 3 heterocycles. The lowest BCUT2D eigenvalue weighted by Gasteiger charge is -2.33. The van der Waals surface area contributed by atoms with Crippen molar-refractivity contribution in [2.24, 2.45) is 0 Å². The van der Waals surface area contributed by atoms with Gasteiger partial charge in [0.2, 0.25) is 11.8 Å². The summed E-state index contributed by atoms with van der Waals surface area (Å²) in [5.74, 6) is -1.47. The van der Waals surface area contributed by atoms with Gasteiger partial charge in [-0.25, -0.2) is 8.78 Å². The van der Waals surface area contributed by atoms with E-state index in [1.807, 2.05) is 17.0 Å². The molecule has 0 aromatic heterocycles. The molecule has 3 aromatic rings. The highest BCUT2D eigenvalue weighted by Gasteiger charge is 2.40. The summed E-state index contributed by atoms with van der Waals surface area (Å²) in [5.41, 5.74) is 2.23. The SMILES string of the molecule is N#Cc1ccc(N2CCC(Sc3ccc(COc4cccc5c4CN([C@@H]4CCC(=O)NC4=O)C5=O)c(F)c3)CC2)c(F)c1. The molecule has 1 atom stereocenters. The molecule has 2 saturated heterocycles. The molecule has 0 bridgehead atoms. The van der Waals surface area contributed by atoms with E-state index in [0.717, 1.165) is 17.7 Å². The number of imide groups is 1. The average molecular weight is 603 g/mol. The predicted octanol–water partition coefficient (Wildman–Crippen LogP) is 4.94. The monoisotopic (exact) mass is 602 g/mol. The minimum Gasteiger partial charge on any atom is -0.488 e. The lowest BCUT2D eigenvalue weighted by molar-refractivity contribution is -0.136. The van der Waals surface area contributed by atoms with Crippen LogP contribution in [0.15, 0.2) is 59.5 Å². The number of rotatable bonds is 7. The molecule has 6 rings (SSSR count). The van der Waals surface area contributed by atoms with Crippen LogP contribution in [0.5, 0.6) is 5.75 Å². The Morgan fingerprint density at radius 3 is 2.53 bits per heavy atom. The van der Waals surface area contributed by atoms with Gasteiger partial charge < -0.3 is 14.5 Å². The summed E-state index contributed by atoms with van der Waals surface area (Å²) in [4.78, 5) is 41.2. The molecule has 220 valence electrons. The highest BCUT2D eigenvalue weighted by atomic mass is 32.2. The third-order valence-electron chi connectivity index (χ3n) is 8.11. The Hall–Kier alpha value is -4.43. The number of anilines is 1. The van der Waals surface area contributed by atoms with Crippen LogP contribution in [0.1, 0.15) is 52.7 Å². The molecule has 3 aliphatic rings. The van der Waals surface area contributed by atoms with Gasteiger partial charge in [-0.2, -0.15) is 5.26 Å². The van der Waals surface area contributed by atoms with E-state index in [1.54, 1.807) is 48.2 Å². The molecule has 0 radical (unpaired) electrons. The van der Waals surface area contributed by atoms with E-state index in [1.165, 1.54) is 17.0 Å². The van der Waals surface area contributed by atoms with Crippen molar-refractivity contribution < 1.29 is 27.9 Å². The first kappa shape index (κ1) is 28.7. The fraction of sp³-hybridized carbons (Fsp3) is 0.312. The first-order chi connectivity index (χ1) is 20.8. The van der Waals surface area contributed by atoms with Crippen molar-refractivity contribution in [3.8, 4) is 11.8 Å². The standard InChI is InChI=1S/C32H28F2N4O4S/c33-25-15-22(43-21-10-12-37(13-11-21)27-7-4-19(16-35)14-26(27)34)6-5-20(25)18-42-29-3-1-2-23-24(29)17-38(32(23)41)28-8-9-30(39)36-31(28)40/h1-7,14-15,21,28H,8-13,17-18H2,(H,36,39,40)/t28-/m1/s1. The van der Waals surface area contributed by atoms with Gasteiger partial charge in [-0.05, 0) is 61.7 Å². The van der Waals surface area contributed by atoms with E-state index >= 15 is 4.39 Å². The lowest BCUT2D eigenvalue weighted by atomic mass is 10.0. The molecular weight excluding hydrogens is 574 g/mol. The van der Waals surface area contributed by atoms with Gasteiger partial charge in [-0.1, -0.05) is 12.1 Å². The summed E-state index contributed by atoms with van der Waals surface area (Å²) < 4.78 is 35.5. The van der Waals surface area contributed by atoms with Gasteiger partial charge >= 0.3 is 0 Å². The predicted molar refractivity (Wildman–Crippen MR) is 155 cm³/mol. The molecule has 43 heavy (non-hydrogen) atoms. The molecule has 0 spiro atoms. The number of carbonyl (C=O) groups is 3. The van der Waals surface area contributed by atoms with Crippen LogP contribution in [-0.4, -0.2) is 47.0 Å². The number of fused-ring (bicyclic) bond motifs is 1. The average Bonchev–Trinajstić information content (AvgIpc) is 3.33. The van der Waals surface area contributed by atoms with Gasteiger partial charge in [0.25, 0.3) is 5.91 Å². The number of carbonyl (C=O) groups excluding carboxylic acids is 3. The fourth-order valence-electron chi connectivity index (χ4n) is 5.81. The maximum atomic E-state index is 15.1. The molecule has 3 aromatic carbocycles. The molecule has 0 saturated carbocycles. The maximum Gasteiger partial charge on any atom is 0.255 e. The van der Waals surface area contributed by atoms with Crippen LogP contribution in [0.3, 0.4) is 0 Å². The van der Waals surface area contributed by atoms with Gasteiger partial charge in [-0.15, -0.1) is 11.8 Å². The van der Waals surface area contributed by atoms with Crippen molar-refractivity contribution in [3.05, 3.63) is 88.5 Å². The second-order valence-corrected chi connectivity index (χ2v) is 12.2. The quantitative estimate of drug-likeness (QED) is 0.383. The van der Waals surface area contributed by atoms with E-state index < -0.39 is 23.6 Å². The topological polar surface area (TPSA) is 103 Å². The molecule has 0 aliphatic carbocycles. The number of benzene rings is 3. The molecule has 3 amide bonds. The van der Waals surface area contributed by atoms with Gasteiger partial charge in [0.05, 0.1) is 23.9 Å². The molecule has 1 N–H and O–H groups in total. The highest BCUT2D eigenvalue weighted by molar-refractivity contribution is 8.00. The van der Waals surface area contributed by atoms with E-state index in [-0.39, 0.29) is 43.1 Å². The summed E-state index contributed by atoms with van der Waals surface area (Å²) in [6, 6.07) is 15.9. The first-order valence-electron chi connectivity index (χ1n) is 14.1. The number of nitrogens with one attached hydrogen (secondary N) is 1. The number of thioether (sulfide) groups is 1. The van der Waals surface area contributed by atoms with Crippen LogP contribution in [0.4, 0.5) is 14.5 Å². The zero-order valence-corrected chi connectivity index (χ0v) is 24.0. The molecule has 3 aliphatic heterocycles. The van der Waals surface area contributed by atoms with Crippen molar-refractivity contribution in [2.45, 2.75) is 55.0 Å². The largest absolute Gasteiger partial charge is 0.488 e. The Bertz CT molecular complexity index is 1650. The van der Waals surface area contributed by atoms with E-state index in [0.29, 0.717) is 46.8 Å². The summed E-state index contributed by atoms with van der Waals surface area (Å²) in [5, 5.41) is 11.5. The summed E-state index contributed by atoms with van der Waals surface area (Å²) in [7, 11) is 0. The Labute approximate surface area is 251 Å². The number of nitriles is 1. The minimum atomic E-state index is -0.725. The number of hydrogen-bond acceptors (Lipinski definition) is 7. The van der Waals surface area contributed by atoms with Crippen LogP contribution >= 0.6 is 11.8 Å². The third-order valence-corrected chi connectivity index (χ3v) is 9.44. The first-order valence-corrected chi connectivity index (χ1v) is 15.0. The Morgan fingerprint density at radius 1 is 1.00 bits per heavy atom. The van der Waals surface area contributed by atoms with Gasteiger partial charge in [0, 0.05) is 46.3 Å². The van der Waals surface area contributed by atoms with Crippen LogP contribution in [-0.2, 0) is 22.7 Å². The maximum absolute atomic E-state index is 15.1. The molecule has 11 heteroatoms. The fourth-order valence-corrected chi connectivity index (χ4v) is 6.96. The van der Waals surface area contributed by atoms with Crippen molar-refractivity contribution in [1.82, 2.24) is 10.2 Å². The molecule has 2 fully saturated rings. The smallest absolute Gasteiger partial charge is 0.255 e. The minimum absolute atomic E-state index is 0.0333. The summed E-state index contributed by atoms with van der Waals surface area (Å²) in [6.45, 7) is 1.47. The molecular formula is C32H28F2N4O4S. The molecule has 0 unspecified atom stereocenters. The van der Waals surface area contributed by atoms with Crippen LogP contribution in [0, 0.1) is 23.0 Å². The number of halogens is 2. The van der Waals surface area contributed by atoms with Crippen LogP contribution in [0.25, 0.3) is 0 Å². The number of hydrogen-bond donors (Lipinski definition) is 1. The Kier molecular flexibility index (Phi) is 8.04. The zero-order valence-electron chi connectivity index (χ0n) is 23.1. The van der Waals surface area contributed by atoms with Crippen molar-refractivity contribution in [3.63, 3.8) is 0 Å². The van der Waals surface area contributed by atoms with Gasteiger partial charge in [-0.3, -0.25) is 19.7 Å². The Morgan fingerprint density at radius 2 is 1.81 bits per heavy atom. The van der Waals surface area contributed by atoms with Crippen molar-refractivity contribution in [1.29, 1.82) is 5.26 Å². The van der Waals surface area contributed by atoms with Crippen LogP contribution in [0.2, 0.25) is 0 Å². The summed E-state index contributed by atoms with van der Waals surface area (Å²) in [6.07, 6.45) is 2.06. The number of ether oxygens (including phenoxy) is 1. The van der Waals surface area contributed by atoms with E-state index in [9.17, 15) is 18.8 Å². The third kappa shape index (κ3) is 5.92. The Balaban J connectivity index is 1.05. The van der Waals surface area contributed by atoms with Crippen LogP contribution < -0.4 is 15.0 Å². The summed E-state index contributed by atoms with van der Waals surface area (Å²) >= 11 is 1.60. The van der Waals surface area contributed by atoms with Crippen molar-refractivity contribution >= 4 is 35.2 Å². The zero-order chi connectivity index (χ0) is 30.1. The number of amides is 3. The van der Waals surface area contributed by atoms with E-state index in [2.05, 4.69) is 5.32 Å². The highest BCUT2D eigenvalue weighted by Crippen LogP contribution is 2.36. The van der Waals surface area contributed by atoms with Gasteiger partial charge in [0.1, 0.15) is 30.0 Å². The second-order valence-electron chi connectivity index (χ2n) is 10.8. The number of nitrogens with zero attached hydrogens (tertiary/aromatic N) is 3. The lowest BCUT2D eigenvalue weighted by Crippen LogP contribution is -2.52. The normalized spacial score (nSPS) is 18.8. The van der Waals surface area contributed by atoms with Gasteiger partial charge in [0.15, 0.2) is 0 Å². The van der Waals surface area contributed by atoms with E-state index in [4.69, 9.17) is 10.00 Å². The van der Waals surface area contributed by atoms with Crippen molar-refractivity contribution in [2.75, 3.05) is 18.0 Å². The second kappa shape index (κ2) is 12.1. The molecule has 8 nitrogen and oxygen atoms in total.